The van der Waals surface area contributed by atoms with Crippen molar-refractivity contribution in [3.8, 4) is 5.88 Å². The van der Waals surface area contributed by atoms with Crippen molar-refractivity contribution in [3.05, 3.63) is 48.2 Å². The molecule has 0 atom stereocenters. The van der Waals surface area contributed by atoms with Gasteiger partial charge in [-0.3, -0.25) is 4.79 Å². The van der Waals surface area contributed by atoms with Crippen LogP contribution in [0.2, 0.25) is 0 Å². The van der Waals surface area contributed by atoms with Crippen LogP contribution in [0.25, 0.3) is 0 Å². The number of pyridine rings is 1. The Bertz CT molecular complexity index is 761. The van der Waals surface area contributed by atoms with E-state index in [0.29, 0.717) is 24.5 Å². The molecule has 0 radical (unpaired) electrons. The number of hydrogen-bond donors (Lipinski definition) is 2. The van der Waals surface area contributed by atoms with Crippen LogP contribution in [0.1, 0.15) is 18.4 Å². The molecule has 3 rings (SSSR count). The molecule has 2 N–H and O–H groups in total. The number of urea groups is 1. The highest BCUT2D eigenvalue weighted by Crippen LogP contribution is 2.22. The molecule has 0 aliphatic carbocycles. The maximum atomic E-state index is 12.0. The summed E-state index contributed by atoms with van der Waals surface area (Å²) in [5.74, 6) is 0.521. The SMILES string of the molecule is COc1ncccc1NC(=O)NCc1ccc(N2CCCC2=O)cc1. The maximum Gasteiger partial charge on any atom is 0.319 e. The van der Waals surface area contributed by atoms with Gasteiger partial charge in [0.05, 0.1) is 7.11 Å². The summed E-state index contributed by atoms with van der Waals surface area (Å²) in [5.41, 5.74) is 2.35. The highest BCUT2D eigenvalue weighted by molar-refractivity contribution is 5.95. The minimum atomic E-state index is -0.343. The number of ether oxygens (including phenoxy) is 1. The number of carbonyl (C=O) groups excluding carboxylic acids is 2. The van der Waals surface area contributed by atoms with Gasteiger partial charge in [0, 0.05) is 31.4 Å². The summed E-state index contributed by atoms with van der Waals surface area (Å²) >= 11 is 0. The molecule has 0 saturated carbocycles. The molecular weight excluding hydrogens is 320 g/mol. The lowest BCUT2D eigenvalue weighted by Crippen LogP contribution is -2.28. The standard InChI is InChI=1S/C18H20N4O3/c1-25-17-15(4-2-10-19-17)21-18(24)20-12-13-6-8-14(9-7-13)22-11-3-5-16(22)23/h2,4,6-10H,3,5,11-12H2,1H3,(H2,20,21,24). The first-order valence-corrected chi connectivity index (χ1v) is 8.10. The second kappa shape index (κ2) is 7.65. The molecule has 1 saturated heterocycles. The Hall–Kier alpha value is -3.09. The molecular formula is C18H20N4O3. The van der Waals surface area contributed by atoms with Crippen LogP contribution in [0.15, 0.2) is 42.6 Å². The average Bonchev–Trinajstić information content (AvgIpc) is 3.07. The van der Waals surface area contributed by atoms with E-state index >= 15 is 0 Å². The number of nitrogens with one attached hydrogen (secondary N) is 2. The van der Waals surface area contributed by atoms with Crippen LogP contribution in [0.3, 0.4) is 0 Å². The van der Waals surface area contributed by atoms with E-state index in [-0.39, 0.29) is 11.9 Å². The van der Waals surface area contributed by atoms with Crippen LogP contribution < -0.4 is 20.3 Å². The Labute approximate surface area is 146 Å². The van der Waals surface area contributed by atoms with Crippen LogP contribution in [0.5, 0.6) is 5.88 Å². The lowest BCUT2D eigenvalue weighted by atomic mass is 10.2. The zero-order valence-corrected chi connectivity index (χ0v) is 14.0. The van der Waals surface area contributed by atoms with Crippen molar-refractivity contribution in [3.63, 3.8) is 0 Å². The number of rotatable bonds is 5. The molecule has 1 aromatic carbocycles. The van der Waals surface area contributed by atoms with Crippen molar-refractivity contribution < 1.29 is 14.3 Å². The van der Waals surface area contributed by atoms with Crippen molar-refractivity contribution >= 4 is 23.3 Å². The van der Waals surface area contributed by atoms with Gasteiger partial charge in [-0.15, -0.1) is 0 Å². The van der Waals surface area contributed by atoms with Gasteiger partial charge < -0.3 is 20.3 Å². The third-order valence-electron chi connectivity index (χ3n) is 3.99. The predicted octanol–water partition coefficient (Wildman–Crippen LogP) is 2.54. The van der Waals surface area contributed by atoms with E-state index in [0.717, 1.165) is 24.2 Å². The summed E-state index contributed by atoms with van der Waals surface area (Å²) in [4.78, 5) is 29.6. The largest absolute Gasteiger partial charge is 0.480 e. The number of aromatic nitrogens is 1. The monoisotopic (exact) mass is 340 g/mol. The van der Waals surface area contributed by atoms with Crippen LogP contribution >= 0.6 is 0 Å². The summed E-state index contributed by atoms with van der Waals surface area (Å²) in [6.45, 7) is 1.15. The fourth-order valence-corrected chi connectivity index (χ4v) is 2.71. The number of carbonyl (C=O) groups is 2. The number of anilines is 2. The molecule has 1 aliphatic heterocycles. The fourth-order valence-electron chi connectivity index (χ4n) is 2.71. The minimum Gasteiger partial charge on any atom is -0.480 e. The maximum absolute atomic E-state index is 12.0. The molecule has 2 aromatic rings. The number of benzene rings is 1. The zero-order chi connectivity index (χ0) is 17.6. The van der Waals surface area contributed by atoms with Gasteiger partial charge >= 0.3 is 6.03 Å². The first-order chi connectivity index (χ1) is 12.2. The Morgan fingerprint density at radius 2 is 2.08 bits per heavy atom. The smallest absolute Gasteiger partial charge is 0.319 e. The quantitative estimate of drug-likeness (QED) is 0.876. The van der Waals surface area contributed by atoms with Gasteiger partial charge in [0.25, 0.3) is 0 Å². The van der Waals surface area contributed by atoms with E-state index in [9.17, 15) is 9.59 Å². The second-order valence-electron chi connectivity index (χ2n) is 5.68. The van der Waals surface area contributed by atoms with Gasteiger partial charge in [-0.05, 0) is 36.2 Å². The molecule has 1 fully saturated rings. The number of methoxy groups -OCH3 is 1. The summed E-state index contributed by atoms with van der Waals surface area (Å²) in [5, 5.41) is 5.49. The van der Waals surface area contributed by atoms with Crippen molar-refractivity contribution in [1.82, 2.24) is 10.3 Å². The lowest BCUT2D eigenvalue weighted by Gasteiger charge is -2.16. The summed E-state index contributed by atoms with van der Waals surface area (Å²) in [7, 11) is 1.50. The molecule has 130 valence electrons. The minimum absolute atomic E-state index is 0.163. The molecule has 1 aromatic heterocycles. The summed E-state index contributed by atoms with van der Waals surface area (Å²) in [6, 6.07) is 10.7. The van der Waals surface area contributed by atoms with E-state index in [1.54, 1.807) is 23.2 Å². The van der Waals surface area contributed by atoms with Gasteiger partial charge in [0.15, 0.2) is 0 Å². The Kier molecular flexibility index (Phi) is 5.13. The summed E-state index contributed by atoms with van der Waals surface area (Å²) in [6.07, 6.45) is 3.11. The van der Waals surface area contributed by atoms with E-state index in [1.165, 1.54) is 7.11 Å². The third-order valence-corrected chi connectivity index (χ3v) is 3.99. The Balaban J connectivity index is 1.54. The third kappa shape index (κ3) is 4.06. The van der Waals surface area contributed by atoms with Gasteiger partial charge in [0.1, 0.15) is 5.69 Å². The molecule has 25 heavy (non-hydrogen) atoms. The number of amides is 3. The first-order valence-electron chi connectivity index (χ1n) is 8.10. The molecule has 3 amide bonds. The molecule has 7 nitrogen and oxygen atoms in total. The summed E-state index contributed by atoms with van der Waals surface area (Å²) < 4.78 is 5.09. The van der Waals surface area contributed by atoms with Crippen LogP contribution in [-0.4, -0.2) is 30.6 Å². The predicted molar refractivity (Wildman–Crippen MR) is 94.7 cm³/mol. The molecule has 1 aliphatic rings. The van der Waals surface area contributed by atoms with E-state index in [1.807, 2.05) is 24.3 Å². The normalized spacial score (nSPS) is 13.6. The first kappa shape index (κ1) is 16.8. The van der Waals surface area contributed by atoms with Crippen LogP contribution in [0.4, 0.5) is 16.2 Å². The van der Waals surface area contributed by atoms with Crippen molar-refractivity contribution in [1.29, 1.82) is 0 Å². The van der Waals surface area contributed by atoms with Gasteiger partial charge in [0.2, 0.25) is 11.8 Å². The Morgan fingerprint density at radius 1 is 1.28 bits per heavy atom. The lowest BCUT2D eigenvalue weighted by molar-refractivity contribution is -0.117. The van der Waals surface area contributed by atoms with Gasteiger partial charge in [-0.2, -0.15) is 0 Å². The molecule has 0 spiro atoms. The molecule has 2 heterocycles. The van der Waals surface area contributed by atoms with Crippen molar-refractivity contribution in [2.75, 3.05) is 23.9 Å². The molecule has 0 bridgehead atoms. The average molecular weight is 340 g/mol. The van der Waals surface area contributed by atoms with E-state index in [4.69, 9.17) is 4.74 Å². The van der Waals surface area contributed by atoms with Crippen molar-refractivity contribution in [2.45, 2.75) is 19.4 Å². The molecule has 0 unspecified atom stereocenters. The van der Waals surface area contributed by atoms with Crippen LogP contribution in [-0.2, 0) is 11.3 Å². The fraction of sp³-hybridized carbons (Fsp3) is 0.278. The Morgan fingerprint density at radius 3 is 2.76 bits per heavy atom. The van der Waals surface area contributed by atoms with Crippen molar-refractivity contribution in [2.24, 2.45) is 0 Å². The highest BCUT2D eigenvalue weighted by Gasteiger charge is 2.21. The van der Waals surface area contributed by atoms with Gasteiger partial charge in [-0.1, -0.05) is 12.1 Å². The number of nitrogens with zero attached hydrogens (tertiary/aromatic N) is 2. The van der Waals surface area contributed by atoms with E-state index in [2.05, 4.69) is 15.6 Å². The van der Waals surface area contributed by atoms with Gasteiger partial charge in [-0.25, -0.2) is 9.78 Å². The highest BCUT2D eigenvalue weighted by atomic mass is 16.5. The zero-order valence-electron chi connectivity index (χ0n) is 14.0. The molecule has 7 heteroatoms. The second-order valence-corrected chi connectivity index (χ2v) is 5.68. The topological polar surface area (TPSA) is 83.6 Å². The number of hydrogen-bond acceptors (Lipinski definition) is 4. The van der Waals surface area contributed by atoms with E-state index < -0.39 is 0 Å². The van der Waals surface area contributed by atoms with Crippen LogP contribution in [0, 0.1) is 0 Å².